The van der Waals surface area contributed by atoms with Gasteiger partial charge in [-0.25, -0.2) is 4.79 Å². The number of nitrogens with zero attached hydrogens (tertiary/aromatic N) is 1. The molecule has 0 aromatic rings. The molecule has 2 unspecified atom stereocenters. The normalized spacial score (nSPS) is 13.8. The van der Waals surface area contributed by atoms with Crippen molar-refractivity contribution < 1.29 is 38.2 Å². The molecule has 0 radical (unpaired) electrons. The quantitative estimate of drug-likeness (QED) is 0.0282. The van der Waals surface area contributed by atoms with E-state index in [0.29, 0.717) is 19.3 Å². The van der Waals surface area contributed by atoms with Gasteiger partial charge in [0.15, 0.2) is 12.1 Å². The van der Waals surface area contributed by atoms with E-state index < -0.39 is 18.1 Å². The third kappa shape index (κ3) is 43.3. The minimum atomic E-state index is -0.887. The van der Waals surface area contributed by atoms with Crippen molar-refractivity contribution >= 4 is 17.9 Å². The molecule has 2 atom stereocenters. The summed E-state index contributed by atoms with van der Waals surface area (Å²) in [6.07, 6.45) is 62.8. The number of carbonyl (C=O) groups excluding carboxylic acids is 2. The van der Waals surface area contributed by atoms with E-state index in [1.807, 2.05) is 21.1 Å². The molecule has 64 heavy (non-hydrogen) atoms. The Hall–Kier alpha value is -4.01. The van der Waals surface area contributed by atoms with E-state index in [-0.39, 0.29) is 42.7 Å². The lowest BCUT2D eigenvalue weighted by Crippen LogP contribution is -2.50. The zero-order valence-corrected chi connectivity index (χ0v) is 41.2. The van der Waals surface area contributed by atoms with Gasteiger partial charge in [0, 0.05) is 19.3 Å². The zero-order chi connectivity index (χ0) is 47.0. The third-order valence-corrected chi connectivity index (χ3v) is 10.4. The molecule has 0 heterocycles. The molecule has 0 aromatic heterocycles. The number of esters is 2. The number of hydrogen-bond donors (Lipinski definition) is 1. The lowest BCUT2D eigenvalue weighted by Gasteiger charge is -2.31. The van der Waals surface area contributed by atoms with E-state index in [2.05, 4.69) is 123 Å². The van der Waals surface area contributed by atoms with Crippen molar-refractivity contribution in [2.45, 2.75) is 187 Å². The van der Waals surface area contributed by atoms with E-state index in [1.54, 1.807) is 0 Å². The van der Waals surface area contributed by atoms with Crippen molar-refractivity contribution in [3.8, 4) is 0 Å². The van der Waals surface area contributed by atoms with E-state index in [4.69, 9.17) is 14.2 Å². The monoisotopic (exact) mass is 891 g/mol. The number of unbranched alkanes of at least 4 members (excludes halogenated alkanes) is 11. The number of likely N-dealkylation sites (N-methyl/N-ethyl adjacent to an activating group) is 1. The van der Waals surface area contributed by atoms with Crippen molar-refractivity contribution in [2.24, 2.45) is 0 Å². The van der Waals surface area contributed by atoms with Crippen LogP contribution >= 0.6 is 0 Å². The second-order valence-electron chi connectivity index (χ2n) is 17.3. The topological polar surface area (TPSA) is 99.1 Å². The molecule has 0 aliphatic heterocycles. The molecule has 0 aliphatic carbocycles. The number of carboxylic acid groups (broad SMARTS) is 1. The van der Waals surface area contributed by atoms with Gasteiger partial charge in [0.25, 0.3) is 0 Å². The van der Waals surface area contributed by atoms with Crippen molar-refractivity contribution in [2.75, 3.05) is 41.0 Å². The predicted octanol–water partition coefficient (Wildman–Crippen LogP) is 14.4. The number of hydrogen-bond acceptors (Lipinski definition) is 6. The molecule has 0 amide bonds. The van der Waals surface area contributed by atoms with Gasteiger partial charge in [-0.1, -0.05) is 168 Å². The van der Waals surface area contributed by atoms with Crippen molar-refractivity contribution in [1.82, 2.24) is 0 Å². The van der Waals surface area contributed by atoms with E-state index in [1.165, 1.54) is 38.5 Å². The molecule has 0 fully saturated rings. The number of rotatable bonds is 43. The fraction of sp³-hybridized carbons (Fsp3) is 0.625. The first kappa shape index (κ1) is 60.0. The van der Waals surface area contributed by atoms with Gasteiger partial charge in [0.05, 0.1) is 34.4 Å². The Kier molecular flexibility index (Phi) is 42.7. The Morgan fingerprint density at radius 2 is 0.828 bits per heavy atom. The Morgan fingerprint density at radius 1 is 0.469 bits per heavy atom. The minimum Gasteiger partial charge on any atom is -0.477 e. The molecule has 362 valence electrons. The second kappa shape index (κ2) is 45.6. The largest absolute Gasteiger partial charge is 0.477 e. The van der Waals surface area contributed by atoms with Gasteiger partial charge in [-0.15, -0.1) is 0 Å². The van der Waals surface area contributed by atoms with Crippen molar-refractivity contribution in [3.05, 3.63) is 109 Å². The summed E-state index contributed by atoms with van der Waals surface area (Å²) in [6.45, 7) is 4.45. The number of carboxylic acids is 1. The second-order valence-corrected chi connectivity index (χ2v) is 17.3. The summed E-state index contributed by atoms with van der Waals surface area (Å²) < 4.78 is 17.3. The lowest BCUT2D eigenvalue weighted by atomic mass is 10.1. The average molecular weight is 891 g/mol. The number of aliphatic carboxylic acids is 1. The summed E-state index contributed by atoms with van der Waals surface area (Å²) >= 11 is 0. The molecule has 0 bridgehead atoms. The molecule has 0 spiro atoms. The van der Waals surface area contributed by atoms with Crippen LogP contribution in [0.15, 0.2) is 109 Å². The van der Waals surface area contributed by atoms with Crippen molar-refractivity contribution in [3.63, 3.8) is 0 Å². The Labute approximate surface area is 391 Å². The predicted molar refractivity (Wildman–Crippen MR) is 270 cm³/mol. The van der Waals surface area contributed by atoms with Crippen LogP contribution in [0.5, 0.6) is 0 Å². The first-order valence-corrected chi connectivity index (χ1v) is 24.9. The lowest BCUT2D eigenvalue weighted by molar-refractivity contribution is -0.887. The van der Waals surface area contributed by atoms with E-state index in [9.17, 15) is 19.5 Å². The maximum atomic E-state index is 12.8. The number of quaternary nitrogens is 1. The molecule has 0 aliphatic rings. The summed E-state index contributed by atoms with van der Waals surface area (Å²) in [5.41, 5.74) is 0. The van der Waals surface area contributed by atoms with Crippen LogP contribution in [0.1, 0.15) is 174 Å². The van der Waals surface area contributed by atoms with Gasteiger partial charge >= 0.3 is 17.9 Å². The highest BCUT2D eigenvalue weighted by Gasteiger charge is 2.31. The highest BCUT2D eigenvalue weighted by molar-refractivity contribution is 5.72. The summed E-state index contributed by atoms with van der Waals surface area (Å²) in [5.74, 6) is -1.54. The molecular formula is C56H92NO7+. The van der Waals surface area contributed by atoms with Crippen LogP contribution in [-0.2, 0) is 28.6 Å². The molecule has 0 saturated carbocycles. The fourth-order valence-corrected chi connectivity index (χ4v) is 6.64. The average Bonchev–Trinajstić information content (AvgIpc) is 3.26. The molecule has 8 nitrogen and oxygen atoms in total. The molecule has 1 N–H and O–H groups in total. The summed E-state index contributed by atoms with van der Waals surface area (Å²) in [6, 6.07) is -0.631. The first-order valence-electron chi connectivity index (χ1n) is 24.9. The molecule has 0 rings (SSSR count). The van der Waals surface area contributed by atoms with Crippen LogP contribution in [-0.4, -0.2) is 80.6 Å². The van der Waals surface area contributed by atoms with Crippen LogP contribution in [0.3, 0.4) is 0 Å². The highest BCUT2D eigenvalue weighted by atomic mass is 16.6. The summed E-state index contributed by atoms with van der Waals surface area (Å²) in [5, 5.41) is 9.65. The van der Waals surface area contributed by atoms with Crippen molar-refractivity contribution in [1.29, 1.82) is 0 Å². The number of carbonyl (C=O) groups is 3. The molecule has 0 saturated heterocycles. The third-order valence-electron chi connectivity index (χ3n) is 10.4. The zero-order valence-electron chi connectivity index (χ0n) is 41.2. The van der Waals surface area contributed by atoms with Gasteiger partial charge in [-0.05, 0) is 96.3 Å². The minimum absolute atomic E-state index is 0.0345. The maximum Gasteiger partial charge on any atom is 0.362 e. The van der Waals surface area contributed by atoms with E-state index in [0.717, 1.165) is 96.3 Å². The van der Waals surface area contributed by atoms with Crippen LogP contribution < -0.4 is 0 Å². The van der Waals surface area contributed by atoms with Gasteiger partial charge < -0.3 is 23.8 Å². The van der Waals surface area contributed by atoms with Crippen LogP contribution in [0.25, 0.3) is 0 Å². The standard InChI is InChI=1S/C56H91NO7/c1-6-8-10-12-14-16-18-20-22-24-26-27-29-31-33-35-37-39-41-43-45-47-55(59)64-52(50-62-49-48-53(56(60)61)57(3,4)5)51-63-54(58)46-44-42-40-38-36-34-32-30-28-25-23-21-19-17-15-13-11-9-7-2/h8-11,14-17,20-23,26-27,31,33,37,39,52-53H,6-7,12-13,18-19,24-25,28-30,32,34-36,38,40-51H2,1-5H3/p+1/b10-8+,11-9+,16-14+,17-15+,22-20+,23-21+,27-26+,33-31+,39-37+. The number of allylic oxidation sites excluding steroid dienone is 18. The van der Waals surface area contributed by atoms with Crippen LogP contribution in [0, 0.1) is 0 Å². The maximum absolute atomic E-state index is 12.8. The Morgan fingerprint density at radius 3 is 1.25 bits per heavy atom. The van der Waals surface area contributed by atoms with Crippen LogP contribution in [0.2, 0.25) is 0 Å². The SMILES string of the molecule is CC/C=C/C/C=C/C/C=C/C/C=C/C/C=C/C/C=C/CCCCC(=O)OC(COCCC(C(=O)O)[N+](C)(C)C)COC(=O)CCCCCCCCCCC/C=C/C/C=C/C/C=C/CC. The van der Waals surface area contributed by atoms with Gasteiger partial charge in [-0.2, -0.15) is 0 Å². The Balaban J connectivity index is 4.39. The first-order chi connectivity index (χ1) is 31.1. The van der Waals surface area contributed by atoms with Gasteiger partial charge in [-0.3, -0.25) is 9.59 Å². The number of ether oxygens (including phenoxy) is 3. The van der Waals surface area contributed by atoms with Crippen LogP contribution in [0.4, 0.5) is 0 Å². The fourth-order valence-electron chi connectivity index (χ4n) is 6.64. The molecule has 8 heteroatoms. The summed E-state index contributed by atoms with van der Waals surface area (Å²) in [7, 11) is 5.50. The summed E-state index contributed by atoms with van der Waals surface area (Å²) in [4.78, 5) is 37.1. The molecule has 0 aromatic carbocycles. The Bertz CT molecular complexity index is 1410. The smallest absolute Gasteiger partial charge is 0.362 e. The molecular weight excluding hydrogens is 799 g/mol. The highest BCUT2D eigenvalue weighted by Crippen LogP contribution is 2.14. The van der Waals surface area contributed by atoms with E-state index >= 15 is 0 Å². The van der Waals surface area contributed by atoms with Gasteiger partial charge in [0.1, 0.15) is 6.61 Å². The van der Waals surface area contributed by atoms with Gasteiger partial charge in [0.2, 0.25) is 0 Å².